The van der Waals surface area contributed by atoms with E-state index in [0.717, 1.165) is 0 Å². The number of halogens is 5. The highest BCUT2D eigenvalue weighted by molar-refractivity contribution is 5.84. The average Bonchev–Trinajstić information content (AvgIpc) is 1.97. The summed E-state index contributed by atoms with van der Waals surface area (Å²) in [6, 6.07) is 0. The van der Waals surface area contributed by atoms with Crippen LogP contribution in [0.15, 0.2) is 0 Å². The minimum Gasteiger partial charge on any atom is -0.351 e. The van der Waals surface area contributed by atoms with Crippen LogP contribution < -0.4 is 5.32 Å². The van der Waals surface area contributed by atoms with Gasteiger partial charge in [-0.3, -0.25) is 4.79 Å². The first kappa shape index (κ1) is 12.1. The number of alkyl halides is 5. The molecule has 1 N–H and O–H groups in total. The molecule has 1 amide bonds. The summed E-state index contributed by atoms with van der Waals surface area (Å²) >= 11 is 0. The number of hydrogen-bond acceptors (Lipinski definition) is 1. The third-order valence-electron chi connectivity index (χ3n) is 1.18. The fourth-order valence-electron chi connectivity index (χ4n) is 0.478. The van der Waals surface area contributed by atoms with Gasteiger partial charge in [0, 0.05) is 6.54 Å². The van der Waals surface area contributed by atoms with Crippen LogP contribution in [-0.2, 0) is 4.79 Å². The summed E-state index contributed by atoms with van der Waals surface area (Å²) in [7, 11) is 0. The van der Waals surface area contributed by atoms with Crippen LogP contribution >= 0.6 is 0 Å². The number of rotatable bonds is 3. The van der Waals surface area contributed by atoms with E-state index in [0.29, 0.717) is 6.42 Å². The van der Waals surface area contributed by atoms with Crippen LogP contribution in [0.25, 0.3) is 0 Å². The van der Waals surface area contributed by atoms with Crippen molar-refractivity contribution in [2.75, 3.05) is 6.54 Å². The lowest BCUT2D eigenvalue weighted by Gasteiger charge is -2.18. The lowest BCUT2D eigenvalue weighted by atomic mass is 10.3. The minimum atomic E-state index is -5.83. The summed E-state index contributed by atoms with van der Waals surface area (Å²) in [6.07, 6.45) is -5.54. The molecule has 0 heterocycles. The molecule has 0 spiro atoms. The van der Waals surface area contributed by atoms with Gasteiger partial charge in [0.2, 0.25) is 0 Å². The highest BCUT2D eigenvalue weighted by Gasteiger charge is 2.63. The van der Waals surface area contributed by atoms with Crippen molar-refractivity contribution in [2.24, 2.45) is 0 Å². The number of nitrogens with one attached hydrogen (secondary N) is 1. The lowest BCUT2D eigenvalue weighted by Crippen LogP contribution is -2.50. The summed E-state index contributed by atoms with van der Waals surface area (Å²) in [5, 5.41) is 1.47. The molecule has 0 bridgehead atoms. The van der Waals surface area contributed by atoms with Crippen molar-refractivity contribution in [3.63, 3.8) is 0 Å². The van der Waals surface area contributed by atoms with Gasteiger partial charge in [-0.2, -0.15) is 22.0 Å². The Bertz CT molecular complexity index is 188. The summed E-state index contributed by atoms with van der Waals surface area (Å²) in [6.45, 7) is 1.33. The predicted molar refractivity (Wildman–Crippen MR) is 34.3 cm³/mol. The molecule has 0 aliphatic carbocycles. The van der Waals surface area contributed by atoms with E-state index in [9.17, 15) is 26.7 Å². The molecule has 0 rings (SSSR count). The zero-order valence-corrected chi connectivity index (χ0v) is 6.71. The molecule has 7 heteroatoms. The van der Waals surface area contributed by atoms with Crippen LogP contribution in [0, 0.1) is 0 Å². The molecule has 0 aliphatic heterocycles. The second-order valence-corrected chi connectivity index (χ2v) is 2.33. The Hall–Kier alpha value is -0.880. The molecular weight excluding hydrogens is 197 g/mol. The van der Waals surface area contributed by atoms with E-state index in [2.05, 4.69) is 0 Å². The van der Waals surface area contributed by atoms with Crippen LogP contribution in [0.3, 0.4) is 0 Å². The zero-order chi connectivity index (χ0) is 10.7. The Kier molecular flexibility index (Phi) is 3.62. The molecule has 0 aromatic heterocycles. The average molecular weight is 205 g/mol. The summed E-state index contributed by atoms with van der Waals surface area (Å²) in [5.41, 5.74) is 0. The molecular formula is C6H8F5NO. The maximum atomic E-state index is 12.1. The van der Waals surface area contributed by atoms with Gasteiger partial charge in [0.25, 0.3) is 5.91 Å². The predicted octanol–water partition coefficient (Wildman–Crippen LogP) is 1.71. The number of amides is 1. The van der Waals surface area contributed by atoms with Gasteiger partial charge in [0.1, 0.15) is 0 Å². The van der Waals surface area contributed by atoms with Gasteiger partial charge < -0.3 is 5.32 Å². The van der Waals surface area contributed by atoms with Crippen LogP contribution in [0.5, 0.6) is 0 Å². The normalized spacial score (nSPS) is 12.8. The van der Waals surface area contributed by atoms with Crippen molar-refractivity contribution in [1.82, 2.24) is 5.32 Å². The molecule has 0 aliphatic rings. The first-order chi connectivity index (χ1) is 5.73. The quantitative estimate of drug-likeness (QED) is 0.698. The molecule has 13 heavy (non-hydrogen) atoms. The highest BCUT2D eigenvalue weighted by Crippen LogP contribution is 2.35. The van der Waals surface area contributed by atoms with Crippen molar-refractivity contribution >= 4 is 5.91 Å². The van der Waals surface area contributed by atoms with Gasteiger partial charge in [-0.05, 0) is 6.42 Å². The second-order valence-electron chi connectivity index (χ2n) is 2.33. The van der Waals surface area contributed by atoms with E-state index in [1.165, 1.54) is 12.2 Å². The third kappa shape index (κ3) is 2.82. The Morgan fingerprint density at radius 3 is 2.00 bits per heavy atom. The Morgan fingerprint density at radius 1 is 1.23 bits per heavy atom. The zero-order valence-electron chi connectivity index (χ0n) is 6.71. The molecule has 0 aromatic carbocycles. The SMILES string of the molecule is CCCNC(=O)C(F)(F)C(F)(F)F. The van der Waals surface area contributed by atoms with Gasteiger partial charge in [-0.1, -0.05) is 6.92 Å². The van der Waals surface area contributed by atoms with Gasteiger partial charge in [0.05, 0.1) is 0 Å². The van der Waals surface area contributed by atoms with Gasteiger partial charge in [-0.15, -0.1) is 0 Å². The van der Waals surface area contributed by atoms with Crippen LogP contribution in [0.1, 0.15) is 13.3 Å². The summed E-state index contributed by atoms with van der Waals surface area (Å²) < 4.78 is 58.7. The molecule has 0 saturated heterocycles. The fraction of sp³-hybridized carbons (Fsp3) is 0.833. The first-order valence-electron chi connectivity index (χ1n) is 3.46. The Balaban J connectivity index is 4.37. The molecule has 78 valence electrons. The molecule has 0 radical (unpaired) electrons. The van der Waals surface area contributed by atoms with Crippen LogP contribution in [0.2, 0.25) is 0 Å². The van der Waals surface area contributed by atoms with E-state index in [1.54, 1.807) is 0 Å². The minimum absolute atomic E-state index is 0.204. The van der Waals surface area contributed by atoms with E-state index >= 15 is 0 Å². The van der Waals surface area contributed by atoms with Gasteiger partial charge in [-0.25, -0.2) is 0 Å². The first-order valence-corrected chi connectivity index (χ1v) is 3.46. The largest absolute Gasteiger partial charge is 0.463 e. The Labute approximate surface area is 71.1 Å². The van der Waals surface area contributed by atoms with Crippen molar-refractivity contribution in [3.05, 3.63) is 0 Å². The van der Waals surface area contributed by atoms with Crippen molar-refractivity contribution in [3.8, 4) is 0 Å². The van der Waals surface area contributed by atoms with E-state index < -0.39 is 18.0 Å². The standard InChI is InChI=1S/C6H8F5NO/c1-2-3-12-4(13)5(7,8)6(9,10)11/h2-3H2,1H3,(H,12,13). The monoisotopic (exact) mass is 205 g/mol. The molecule has 0 unspecified atom stereocenters. The van der Waals surface area contributed by atoms with E-state index in [1.807, 2.05) is 0 Å². The summed E-state index contributed by atoms with van der Waals surface area (Å²) in [4.78, 5) is 10.3. The third-order valence-corrected chi connectivity index (χ3v) is 1.18. The molecule has 0 saturated carbocycles. The van der Waals surface area contributed by atoms with Crippen molar-refractivity contribution in [1.29, 1.82) is 0 Å². The summed E-state index contributed by atoms with van der Waals surface area (Å²) in [5.74, 6) is -7.61. The van der Waals surface area contributed by atoms with Crippen LogP contribution in [-0.4, -0.2) is 24.6 Å². The highest BCUT2D eigenvalue weighted by atomic mass is 19.4. The molecule has 0 aromatic rings. The van der Waals surface area contributed by atoms with Crippen molar-refractivity contribution < 1.29 is 26.7 Å². The molecule has 0 fully saturated rings. The number of carbonyl (C=O) groups is 1. The maximum absolute atomic E-state index is 12.1. The fourth-order valence-corrected chi connectivity index (χ4v) is 0.478. The maximum Gasteiger partial charge on any atom is 0.463 e. The lowest BCUT2D eigenvalue weighted by molar-refractivity contribution is -0.269. The second kappa shape index (κ2) is 3.89. The van der Waals surface area contributed by atoms with Crippen molar-refractivity contribution in [2.45, 2.75) is 25.4 Å². The Morgan fingerprint density at radius 2 is 1.69 bits per heavy atom. The number of carbonyl (C=O) groups excluding carboxylic acids is 1. The smallest absolute Gasteiger partial charge is 0.351 e. The number of hydrogen-bond donors (Lipinski definition) is 1. The van der Waals surface area contributed by atoms with E-state index in [4.69, 9.17) is 0 Å². The molecule has 2 nitrogen and oxygen atoms in total. The van der Waals surface area contributed by atoms with Gasteiger partial charge in [0.15, 0.2) is 0 Å². The van der Waals surface area contributed by atoms with E-state index in [-0.39, 0.29) is 6.54 Å². The molecule has 0 atom stereocenters. The van der Waals surface area contributed by atoms with Gasteiger partial charge >= 0.3 is 12.1 Å². The van der Waals surface area contributed by atoms with Crippen LogP contribution in [0.4, 0.5) is 22.0 Å². The topological polar surface area (TPSA) is 29.1 Å².